The average Bonchev–Trinajstić information content (AvgIpc) is 3.34. The maximum atomic E-state index is 12.3. The SMILES string of the molecule is O=C(CCCN1C(=O)c2ccccc2C1=O)NCCc1csc2ncnn12. The second-order valence-corrected chi connectivity index (χ2v) is 7.03. The lowest BCUT2D eigenvalue weighted by Gasteiger charge is -2.13. The van der Waals surface area contributed by atoms with Crippen LogP contribution >= 0.6 is 11.3 Å². The fourth-order valence-corrected chi connectivity index (χ4v) is 3.93. The van der Waals surface area contributed by atoms with Gasteiger partial charge in [-0.25, -0.2) is 9.50 Å². The first-order valence-corrected chi connectivity index (χ1v) is 9.51. The standard InChI is InChI=1S/C18H17N5O3S/c24-15(19-8-7-12-10-27-18-20-11-21-23(12)18)6-3-9-22-16(25)13-4-1-2-5-14(13)17(22)26/h1-2,4-5,10-11H,3,6-9H2,(H,19,24). The van der Waals surface area contributed by atoms with Crippen LogP contribution in [0.25, 0.3) is 4.96 Å². The number of rotatable bonds is 7. The van der Waals surface area contributed by atoms with Gasteiger partial charge in [0.1, 0.15) is 6.33 Å². The molecule has 3 amide bonds. The van der Waals surface area contributed by atoms with E-state index in [0.29, 0.717) is 30.5 Å². The van der Waals surface area contributed by atoms with Gasteiger partial charge in [-0.2, -0.15) is 5.10 Å². The Morgan fingerprint density at radius 1 is 1.15 bits per heavy atom. The number of nitrogens with zero attached hydrogens (tertiary/aromatic N) is 4. The Kier molecular flexibility index (Phi) is 4.68. The topological polar surface area (TPSA) is 96.7 Å². The van der Waals surface area contributed by atoms with E-state index in [9.17, 15) is 14.4 Å². The Labute approximate surface area is 158 Å². The summed E-state index contributed by atoms with van der Waals surface area (Å²) in [6.45, 7) is 0.738. The number of carbonyl (C=O) groups is 3. The largest absolute Gasteiger partial charge is 0.356 e. The highest BCUT2D eigenvalue weighted by molar-refractivity contribution is 7.15. The minimum absolute atomic E-state index is 0.100. The van der Waals surface area contributed by atoms with Crippen LogP contribution in [0.15, 0.2) is 36.0 Å². The van der Waals surface area contributed by atoms with Gasteiger partial charge in [-0.1, -0.05) is 12.1 Å². The van der Waals surface area contributed by atoms with E-state index in [4.69, 9.17) is 0 Å². The van der Waals surface area contributed by atoms with Crippen LogP contribution in [0.2, 0.25) is 0 Å². The molecule has 2 aromatic heterocycles. The van der Waals surface area contributed by atoms with Gasteiger partial charge in [-0.15, -0.1) is 11.3 Å². The number of hydrogen-bond donors (Lipinski definition) is 1. The number of thiazole rings is 1. The molecule has 0 radical (unpaired) electrons. The van der Waals surface area contributed by atoms with Crippen LogP contribution in [-0.4, -0.2) is 50.3 Å². The monoisotopic (exact) mass is 383 g/mol. The molecule has 3 heterocycles. The summed E-state index contributed by atoms with van der Waals surface area (Å²) in [5.74, 6) is -0.674. The number of benzene rings is 1. The predicted molar refractivity (Wildman–Crippen MR) is 98.6 cm³/mol. The normalized spacial score (nSPS) is 13.4. The first-order chi connectivity index (χ1) is 13.1. The third-order valence-corrected chi connectivity index (χ3v) is 5.34. The molecule has 1 aliphatic heterocycles. The maximum absolute atomic E-state index is 12.3. The van der Waals surface area contributed by atoms with Crippen molar-refractivity contribution in [2.24, 2.45) is 0 Å². The third kappa shape index (κ3) is 3.33. The summed E-state index contributed by atoms with van der Waals surface area (Å²) in [5.41, 5.74) is 1.86. The van der Waals surface area contributed by atoms with Crippen LogP contribution in [0.4, 0.5) is 0 Å². The molecule has 0 atom stereocenters. The minimum atomic E-state index is -0.287. The summed E-state index contributed by atoms with van der Waals surface area (Å²) in [6, 6.07) is 6.78. The molecular formula is C18H17N5O3S. The Morgan fingerprint density at radius 2 is 1.89 bits per heavy atom. The van der Waals surface area contributed by atoms with Crippen molar-refractivity contribution in [2.45, 2.75) is 19.3 Å². The van der Waals surface area contributed by atoms with Crippen LogP contribution in [-0.2, 0) is 11.2 Å². The van der Waals surface area contributed by atoms with Gasteiger partial charge in [0, 0.05) is 31.3 Å². The number of carbonyl (C=O) groups excluding carboxylic acids is 3. The second-order valence-electron chi connectivity index (χ2n) is 6.19. The van der Waals surface area contributed by atoms with E-state index in [-0.39, 0.29) is 30.7 Å². The quantitative estimate of drug-likeness (QED) is 0.624. The van der Waals surface area contributed by atoms with E-state index in [1.807, 2.05) is 5.38 Å². The van der Waals surface area contributed by atoms with Crippen LogP contribution in [0.1, 0.15) is 39.3 Å². The van der Waals surface area contributed by atoms with E-state index in [1.54, 1.807) is 28.8 Å². The molecule has 8 nitrogen and oxygen atoms in total. The molecule has 0 saturated heterocycles. The molecule has 138 valence electrons. The van der Waals surface area contributed by atoms with Gasteiger partial charge in [0.05, 0.1) is 16.8 Å². The van der Waals surface area contributed by atoms with Crippen LogP contribution in [0, 0.1) is 0 Å². The predicted octanol–water partition coefficient (Wildman–Crippen LogP) is 1.53. The van der Waals surface area contributed by atoms with Crippen LogP contribution in [0.5, 0.6) is 0 Å². The Balaban J connectivity index is 1.22. The van der Waals surface area contributed by atoms with Gasteiger partial charge in [0.15, 0.2) is 0 Å². The summed E-state index contributed by atoms with van der Waals surface area (Å²) >= 11 is 1.51. The van der Waals surface area contributed by atoms with Crippen molar-refractivity contribution in [3.63, 3.8) is 0 Å². The highest BCUT2D eigenvalue weighted by Gasteiger charge is 2.34. The number of nitrogens with one attached hydrogen (secondary N) is 1. The molecule has 1 N–H and O–H groups in total. The third-order valence-electron chi connectivity index (χ3n) is 4.46. The molecule has 3 aromatic rings. The van der Waals surface area contributed by atoms with E-state index in [1.165, 1.54) is 22.6 Å². The Morgan fingerprint density at radius 3 is 2.63 bits per heavy atom. The lowest BCUT2D eigenvalue weighted by atomic mass is 10.1. The zero-order chi connectivity index (χ0) is 18.8. The lowest BCUT2D eigenvalue weighted by Crippen LogP contribution is -2.32. The van der Waals surface area contributed by atoms with E-state index >= 15 is 0 Å². The fraction of sp³-hybridized carbons (Fsp3) is 0.278. The highest BCUT2D eigenvalue weighted by atomic mass is 32.1. The van der Waals surface area contributed by atoms with Gasteiger partial charge >= 0.3 is 0 Å². The Bertz CT molecular complexity index is 990. The summed E-state index contributed by atoms with van der Waals surface area (Å²) < 4.78 is 1.76. The van der Waals surface area contributed by atoms with Crippen molar-refractivity contribution >= 4 is 34.0 Å². The number of imide groups is 1. The van der Waals surface area contributed by atoms with Crippen molar-refractivity contribution in [1.29, 1.82) is 0 Å². The summed E-state index contributed by atoms with van der Waals surface area (Å²) in [6.07, 6.45) is 2.86. The molecule has 0 unspecified atom stereocenters. The van der Waals surface area contributed by atoms with Gasteiger partial charge in [0.2, 0.25) is 10.9 Å². The Hall–Kier alpha value is -3.07. The molecule has 0 spiro atoms. The molecule has 1 aliphatic rings. The van der Waals surface area contributed by atoms with Gasteiger partial charge in [-0.05, 0) is 18.6 Å². The van der Waals surface area contributed by atoms with Crippen molar-refractivity contribution in [2.75, 3.05) is 13.1 Å². The first kappa shape index (κ1) is 17.3. The average molecular weight is 383 g/mol. The van der Waals surface area contributed by atoms with Crippen molar-refractivity contribution < 1.29 is 14.4 Å². The van der Waals surface area contributed by atoms with Crippen molar-refractivity contribution in [3.05, 3.63) is 52.8 Å². The van der Waals surface area contributed by atoms with Crippen LogP contribution < -0.4 is 5.32 Å². The maximum Gasteiger partial charge on any atom is 0.261 e. The molecule has 27 heavy (non-hydrogen) atoms. The van der Waals surface area contributed by atoms with Gasteiger partial charge in [0.25, 0.3) is 11.8 Å². The zero-order valence-corrected chi connectivity index (χ0v) is 15.2. The van der Waals surface area contributed by atoms with Crippen molar-refractivity contribution in [3.8, 4) is 0 Å². The molecule has 0 aliphatic carbocycles. The van der Waals surface area contributed by atoms with E-state index in [2.05, 4.69) is 15.4 Å². The zero-order valence-electron chi connectivity index (χ0n) is 14.4. The molecule has 0 bridgehead atoms. The number of aromatic nitrogens is 3. The molecular weight excluding hydrogens is 366 g/mol. The lowest BCUT2D eigenvalue weighted by molar-refractivity contribution is -0.121. The smallest absolute Gasteiger partial charge is 0.261 e. The second kappa shape index (κ2) is 7.28. The van der Waals surface area contributed by atoms with Crippen LogP contribution in [0.3, 0.4) is 0 Å². The summed E-state index contributed by atoms with van der Waals surface area (Å²) in [4.78, 5) is 42.7. The molecule has 4 rings (SSSR count). The molecule has 1 aromatic carbocycles. The molecule has 9 heteroatoms. The van der Waals surface area contributed by atoms with Crippen molar-refractivity contribution in [1.82, 2.24) is 24.8 Å². The molecule has 0 saturated carbocycles. The molecule has 0 fully saturated rings. The summed E-state index contributed by atoms with van der Waals surface area (Å²) in [5, 5.41) is 8.97. The first-order valence-electron chi connectivity index (χ1n) is 8.63. The fourth-order valence-electron chi connectivity index (χ4n) is 3.10. The minimum Gasteiger partial charge on any atom is -0.356 e. The number of fused-ring (bicyclic) bond motifs is 2. The number of hydrogen-bond acceptors (Lipinski definition) is 6. The van der Waals surface area contributed by atoms with E-state index < -0.39 is 0 Å². The van der Waals surface area contributed by atoms with E-state index in [0.717, 1.165) is 10.7 Å². The summed E-state index contributed by atoms with van der Waals surface area (Å²) in [7, 11) is 0. The van der Waals surface area contributed by atoms with Gasteiger partial charge in [-0.3, -0.25) is 19.3 Å². The highest BCUT2D eigenvalue weighted by Crippen LogP contribution is 2.22. The number of amides is 3. The van der Waals surface area contributed by atoms with Gasteiger partial charge < -0.3 is 5.32 Å².